The highest BCUT2D eigenvalue weighted by Crippen LogP contribution is 2.02. The van der Waals surface area contributed by atoms with E-state index in [4.69, 9.17) is 0 Å². The Labute approximate surface area is 60.0 Å². The molecule has 1 aliphatic rings. The standard InChI is InChI=1S/C6H11NO.H4Si/c8-6-4-2-1-3-5-7-6;/h1-5H2,(H,7,8);1H4. The van der Waals surface area contributed by atoms with E-state index in [9.17, 15) is 4.79 Å². The average molecular weight is 145 g/mol. The van der Waals surface area contributed by atoms with Crippen LogP contribution in [0.5, 0.6) is 0 Å². The Morgan fingerprint density at radius 3 is 2.78 bits per heavy atom. The number of hydrogen-bond acceptors (Lipinski definition) is 1. The highest BCUT2D eigenvalue weighted by atomic mass is 28.1. The first-order valence-electron chi connectivity index (χ1n) is 3.16. The molecule has 1 saturated heterocycles. The van der Waals surface area contributed by atoms with Gasteiger partial charge >= 0.3 is 0 Å². The molecule has 54 valence electrons. The second kappa shape index (κ2) is 4.55. The minimum absolute atomic E-state index is 0. The molecule has 0 aliphatic carbocycles. The van der Waals surface area contributed by atoms with Crippen LogP contribution in [0, 0.1) is 0 Å². The fourth-order valence-electron chi connectivity index (χ4n) is 0.904. The van der Waals surface area contributed by atoms with Gasteiger partial charge in [-0.05, 0) is 23.8 Å². The zero-order valence-corrected chi connectivity index (χ0v) is 4.94. The van der Waals surface area contributed by atoms with E-state index in [-0.39, 0.29) is 16.9 Å². The van der Waals surface area contributed by atoms with Crippen molar-refractivity contribution in [3.63, 3.8) is 0 Å². The van der Waals surface area contributed by atoms with Gasteiger partial charge in [0.15, 0.2) is 0 Å². The number of rotatable bonds is 0. The summed E-state index contributed by atoms with van der Waals surface area (Å²) in [4.78, 5) is 10.6. The van der Waals surface area contributed by atoms with Crippen molar-refractivity contribution in [1.29, 1.82) is 0 Å². The lowest BCUT2D eigenvalue weighted by molar-refractivity contribution is -0.120. The maximum absolute atomic E-state index is 10.6. The van der Waals surface area contributed by atoms with E-state index in [0.717, 1.165) is 25.8 Å². The third-order valence-electron chi connectivity index (χ3n) is 1.40. The Hall–Kier alpha value is -0.313. The first-order chi connectivity index (χ1) is 3.89. The van der Waals surface area contributed by atoms with Crippen LogP contribution >= 0.6 is 0 Å². The van der Waals surface area contributed by atoms with Gasteiger partial charge in [-0.3, -0.25) is 4.79 Å². The van der Waals surface area contributed by atoms with Gasteiger partial charge in [0.1, 0.15) is 0 Å². The van der Waals surface area contributed by atoms with Gasteiger partial charge in [-0.15, -0.1) is 0 Å². The molecule has 1 rings (SSSR count). The predicted octanol–water partition coefficient (Wildman–Crippen LogP) is -0.775. The summed E-state index contributed by atoms with van der Waals surface area (Å²) in [5.41, 5.74) is 0. The molecule has 1 amide bonds. The summed E-state index contributed by atoms with van der Waals surface area (Å²) < 4.78 is 0. The van der Waals surface area contributed by atoms with Crippen molar-refractivity contribution in [3.8, 4) is 0 Å². The minimum atomic E-state index is 0. The quantitative estimate of drug-likeness (QED) is 0.445. The molecule has 0 spiro atoms. The zero-order valence-electron chi connectivity index (χ0n) is 4.94. The summed E-state index contributed by atoms with van der Waals surface area (Å²) in [5, 5.41) is 2.81. The maximum Gasteiger partial charge on any atom is 0.219 e. The summed E-state index contributed by atoms with van der Waals surface area (Å²) in [6, 6.07) is 0. The lowest BCUT2D eigenvalue weighted by atomic mass is 10.2. The Morgan fingerprint density at radius 2 is 2.00 bits per heavy atom. The van der Waals surface area contributed by atoms with Crippen LogP contribution in [0.15, 0.2) is 0 Å². The molecular formula is C6H15NOSi. The number of nitrogens with one attached hydrogen (secondary N) is 1. The lowest BCUT2D eigenvalue weighted by Gasteiger charge is -1.93. The van der Waals surface area contributed by atoms with Crippen LogP contribution in [0.2, 0.25) is 0 Å². The van der Waals surface area contributed by atoms with Gasteiger partial charge in [0.05, 0.1) is 0 Å². The molecule has 1 fully saturated rings. The molecule has 1 N–H and O–H groups in total. The molecule has 0 radical (unpaired) electrons. The Bertz CT molecular complexity index is 85.1. The summed E-state index contributed by atoms with van der Waals surface area (Å²) in [7, 11) is 0. The van der Waals surface area contributed by atoms with E-state index in [1.165, 1.54) is 6.42 Å². The number of carbonyl (C=O) groups excluding carboxylic acids is 1. The highest BCUT2D eigenvalue weighted by Gasteiger charge is 2.03. The smallest absolute Gasteiger partial charge is 0.219 e. The average Bonchev–Trinajstić information content (AvgIpc) is 1.94. The SMILES string of the molecule is O=C1CCCCCN1.[SiH4]. The molecular weight excluding hydrogens is 130 g/mol. The molecule has 1 aliphatic heterocycles. The van der Waals surface area contributed by atoms with Crippen LogP contribution in [0.4, 0.5) is 0 Å². The van der Waals surface area contributed by atoms with Crippen LogP contribution in [-0.2, 0) is 4.79 Å². The third-order valence-corrected chi connectivity index (χ3v) is 1.40. The number of amides is 1. The molecule has 2 nitrogen and oxygen atoms in total. The molecule has 0 unspecified atom stereocenters. The molecule has 0 aromatic heterocycles. The normalized spacial score (nSPS) is 19.3. The molecule has 0 atom stereocenters. The van der Waals surface area contributed by atoms with E-state index in [1.54, 1.807) is 0 Å². The Morgan fingerprint density at radius 1 is 1.22 bits per heavy atom. The van der Waals surface area contributed by atoms with Crippen molar-refractivity contribution in [2.24, 2.45) is 0 Å². The van der Waals surface area contributed by atoms with Crippen LogP contribution in [0.25, 0.3) is 0 Å². The van der Waals surface area contributed by atoms with E-state index < -0.39 is 0 Å². The van der Waals surface area contributed by atoms with Crippen molar-refractivity contribution < 1.29 is 4.79 Å². The van der Waals surface area contributed by atoms with E-state index in [1.807, 2.05) is 0 Å². The largest absolute Gasteiger partial charge is 0.356 e. The molecule has 0 bridgehead atoms. The Kier molecular flexibility index (Phi) is 4.40. The van der Waals surface area contributed by atoms with E-state index in [2.05, 4.69) is 5.32 Å². The maximum atomic E-state index is 10.6. The molecule has 3 heteroatoms. The van der Waals surface area contributed by atoms with Crippen molar-refractivity contribution in [2.45, 2.75) is 25.7 Å². The fourth-order valence-corrected chi connectivity index (χ4v) is 0.904. The van der Waals surface area contributed by atoms with Crippen LogP contribution in [-0.4, -0.2) is 23.4 Å². The monoisotopic (exact) mass is 145 g/mol. The first-order valence-corrected chi connectivity index (χ1v) is 3.16. The van der Waals surface area contributed by atoms with Gasteiger partial charge in [0, 0.05) is 13.0 Å². The predicted molar refractivity (Wildman–Crippen MR) is 42.8 cm³/mol. The van der Waals surface area contributed by atoms with Gasteiger partial charge in [-0.1, -0.05) is 6.42 Å². The van der Waals surface area contributed by atoms with Gasteiger partial charge in [0.25, 0.3) is 0 Å². The van der Waals surface area contributed by atoms with Crippen LogP contribution in [0.1, 0.15) is 25.7 Å². The van der Waals surface area contributed by atoms with Gasteiger partial charge < -0.3 is 5.32 Å². The fraction of sp³-hybridized carbons (Fsp3) is 0.833. The van der Waals surface area contributed by atoms with Crippen molar-refractivity contribution in [1.82, 2.24) is 5.32 Å². The Balaban J connectivity index is 0.000000640. The van der Waals surface area contributed by atoms with Crippen LogP contribution in [0.3, 0.4) is 0 Å². The van der Waals surface area contributed by atoms with Crippen LogP contribution < -0.4 is 5.32 Å². The van der Waals surface area contributed by atoms with Gasteiger partial charge in [0.2, 0.25) is 5.91 Å². The third kappa shape index (κ3) is 3.29. The van der Waals surface area contributed by atoms with Crippen molar-refractivity contribution >= 4 is 16.9 Å². The summed E-state index contributed by atoms with van der Waals surface area (Å²) in [6.45, 7) is 0.888. The van der Waals surface area contributed by atoms with Crippen molar-refractivity contribution in [2.75, 3.05) is 6.54 Å². The molecule has 1 heterocycles. The minimum Gasteiger partial charge on any atom is -0.356 e. The van der Waals surface area contributed by atoms with Gasteiger partial charge in [-0.25, -0.2) is 0 Å². The zero-order chi connectivity index (χ0) is 5.82. The number of carbonyl (C=O) groups is 1. The second-order valence-corrected chi connectivity index (χ2v) is 2.16. The summed E-state index contributed by atoms with van der Waals surface area (Å²) in [6.07, 6.45) is 4.18. The van der Waals surface area contributed by atoms with Crippen molar-refractivity contribution in [3.05, 3.63) is 0 Å². The topological polar surface area (TPSA) is 29.1 Å². The second-order valence-electron chi connectivity index (χ2n) is 2.16. The molecule has 9 heavy (non-hydrogen) atoms. The summed E-state index contributed by atoms with van der Waals surface area (Å²) >= 11 is 0. The molecule has 0 aromatic carbocycles. The molecule has 0 aromatic rings. The lowest BCUT2D eigenvalue weighted by Crippen LogP contribution is -2.21. The van der Waals surface area contributed by atoms with Gasteiger partial charge in [-0.2, -0.15) is 0 Å². The molecule has 0 saturated carbocycles. The summed E-state index contributed by atoms with van der Waals surface area (Å²) in [5.74, 6) is 0.225. The van der Waals surface area contributed by atoms with E-state index >= 15 is 0 Å². The number of hydrogen-bond donors (Lipinski definition) is 1. The first kappa shape index (κ1) is 8.69. The van der Waals surface area contributed by atoms with E-state index in [0.29, 0.717) is 0 Å². The highest BCUT2D eigenvalue weighted by molar-refractivity contribution is 5.76.